The number of benzene rings is 7. The first kappa shape index (κ1) is 34.8. The Hall–Kier alpha value is -7.41. The molecule has 10 aromatic rings. The Labute approximate surface area is 343 Å². The van der Waals surface area contributed by atoms with E-state index in [1.54, 1.807) is 6.20 Å². The largest absolute Gasteiger partial charge is 0.309 e. The number of alkyl halides is 1. The third kappa shape index (κ3) is 5.48. The van der Waals surface area contributed by atoms with Crippen LogP contribution in [0.1, 0.15) is 17.3 Å². The molecule has 4 heterocycles. The summed E-state index contributed by atoms with van der Waals surface area (Å²) in [5, 5.41) is 7.34. The number of aromatic nitrogens is 3. The molecule has 7 aromatic carbocycles. The minimum atomic E-state index is -2.99. The number of nitrogens with zero attached hydrogens (tertiary/aromatic N) is 4. The lowest BCUT2D eigenvalue weighted by atomic mass is 9.99. The van der Waals surface area contributed by atoms with Crippen molar-refractivity contribution in [3.63, 3.8) is 0 Å². The Kier molecular flexibility index (Phi) is 8.38. The van der Waals surface area contributed by atoms with Gasteiger partial charge in [-0.15, -0.1) is 0 Å². The molecule has 6 heteroatoms. The molecule has 1 aliphatic rings. The summed E-state index contributed by atoms with van der Waals surface area (Å²) in [4.78, 5) is 12.0. The van der Waals surface area contributed by atoms with Crippen molar-refractivity contribution < 1.29 is 4.39 Å². The molecule has 3 aromatic heterocycles. The Bertz CT molecular complexity index is 3090. The molecule has 11 rings (SSSR count). The summed E-state index contributed by atoms with van der Waals surface area (Å²) in [6.45, 7) is 0. The van der Waals surface area contributed by atoms with Gasteiger partial charge in [-0.2, -0.15) is 0 Å². The predicted octanol–water partition coefficient (Wildman–Crippen LogP) is 10.5. The Morgan fingerprint density at radius 2 is 1.12 bits per heavy atom. The van der Waals surface area contributed by atoms with E-state index in [2.05, 4.69) is 154 Å². The number of rotatable bonds is 7. The van der Waals surface area contributed by atoms with Crippen molar-refractivity contribution in [3.05, 3.63) is 230 Å². The van der Waals surface area contributed by atoms with Crippen LogP contribution in [0.25, 0.3) is 38.9 Å². The van der Waals surface area contributed by atoms with Gasteiger partial charge in [0.15, 0.2) is 14.2 Å². The van der Waals surface area contributed by atoms with Gasteiger partial charge in [0.05, 0.1) is 16.9 Å². The SMILES string of the molecule is FC(c1cccc(-c2ccccn2)c1)c1cccc(-n2c3ncccc3c3ccc4c(c32)N(c2ccccc2)c2ccccc2[Si]4(c2ccccc2)c2ccccc2)c1. The molecule has 1 atom stereocenters. The standard InChI is InChI=1S/C53H37FN4Si/c54-50(38-18-14-17-37(35-38)46-28-12-13-33-55-46)39-19-15-22-41(36-39)58-51-44(45-27-16-34-56-53(45)58)31-32-49-52(51)57(40-20-4-1-5-21-40)47-29-10-11-30-48(47)59(49,42-23-6-2-7-24-42)43-25-8-3-9-26-43/h1-36,50H. The van der Waals surface area contributed by atoms with Crippen LogP contribution in [-0.2, 0) is 0 Å². The summed E-state index contributed by atoms with van der Waals surface area (Å²) in [6, 6.07) is 72.0. The van der Waals surface area contributed by atoms with Crippen molar-refractivity contribution in [1.29, 1.82) is 0 Å². The minimum absolute atomic E-state index is 0.568. The average Bonchev–Trinajstić information content (AvgIpc) is 3.66. The lowest BCUT2D eigenvalue weighted by molar-refractivity contribution is 0.402. The smallest absolute Gasteiger partial charge is 0.184 e. The number of para-hydroxylation sites is 2. The first-order valence-electron chi connectivity index (χ1n) is 20.0. The normalized spacial score (nSPS) is 13.5. The summed E-state index contributed by atoms with van der Waals surface area (Å²) in [5.74, 6) is 0. The van der Waals surface area contributed by atoms with Crippen LogP contribution in [0.15, 0.2) is 219 Å². The summed E-state index contributed by atoms with van der Waals surface area (Å²) in [6.07, 6.45) is 2.25. The van der Waals surface area contributed by atoms with Gasteiger partial charge in [0.25, 0.3) is 0 Å². The lowest BCUT2D eigenvalue weighted by Gasteiger charge is -2.45. The summed E-state index contributed by atoms with van der Waals surface area (Å²) in [7, 11) is -2.99. The molecular formula is C53H37FN4Si. The summed E-state index contributed by atoms with van der Waals surface area (Å²) in [5.41, 5.74) is 8.85. The van der Waals surface area contributed by atoms with E-state index < -0.39 is 14.2 Å². The maximum Gasteiger partial charge on any atom is 0.184 e. The molecule has 0 spiro atoms. The van der Waals surface area contributed by atoms with E-state index in [-0.39, 0.29) is 0 Å². The molecule has 4 nitrogen and oxygen atoms in total. The van der Waals surface area contributed by atoms with Gasteiger partial charge in [0.1, 0.15) is 5.65 Å². The number of fused-ring (bicyclic) bond motifs is 6. The highest BCUT2D eigenvalue weighted by atomic mass is 28.3. The fourth-order valence-corrected chi connectivity index (χ4v) is 14.5. The van der Waals surface area contributed by atoms with Crippen LogP contribution in [0.5, 0.6) is 0 Å². The van der Waals surface area contributed by atoms with Crippen molar-refractivity contribution in [2.75, 3.05) is 4.90 Å². The van der Waals surface area contributed by atoms with Gasteiger partial charge < -0.3 is 4.90 Å². The average molecular weight is 777 g/mol. The molecule has 0 amide bonds. The minimum Gasteiger partial charge on any atom is -0.309 e. The van der Waals surface area contributed by atoms with Gasteiger partial charge in [-0.1, -0.05) is 146 Å². The van der Waals surface area contributed by atoms with Gasteiger partial charge >= 0.3 is 0 Å². The van der Waals surface area contributed by atoms with E-state index >= 15 is 4.39 Å². The van der Waals surface area contributed by atoms with Crippen LogP contribution in [0, 0.1) is 0 Å². The van der Waals surface area contributed by atoms with Gasteiger partial charge in [-0.05, 0) is 92.5 Å². The fourth-order valence-electron chi connectivity index (χ4n) is 9.36. The molecule has 1 aliphatic heterocycles. The number of hydrogen-bond donors (Lipinski definition) is 0. The second-order valence-electron chi connectivity index (χ2n) is 15.0. The molecule has 0 saturated carbocycles. The highest BCUT2D eigenvalue weighted by Gasteiger charge is 2.49. The third-order valence-corrected chi connectivity index (χ3v) is 16.7. The van der Waals surface area contributed by atoms with Gasteiger partial charge in [-0.3, -0.25) is 9.55 Å². The molecule has 0 saturated heterocycles. The molecular weight excluding hydrogens is 740 g/mol. The molecule has 0 N–H and O–H groups in total. The molecule has 0 radical (unpaired) electrons. The number of halogens is 1. The highest BCUT2D eigenvalue weighted by molar-refractivity contribution is 7.21. The van der Waals surface area contributed by atoms with Crippen LogP contribution < -0.4 is 25.6 Å². The monoisotopic (exact) mass is 776 g/mol. The van der Waals surface area contributed by atoms with E-state index in [4.69, 9.17) is 4.98 Å². The van der Waals surface area contributed by atoms with E-state index in [0.717, 1.165) is 55.9 Å². The maximum atomic E-state index is 17.0. The first-order chi connectivity index (χ1) is 29.2. The lowest BCUT2D eigenvalue weighted by Crippen LogP contribution is -2.77. The summed E-state index contributed by atoms with van der Waals surface area (Å²) < 4.78 is 19.2. The number of pyridine rings is 2. The molecule has 280 valence electrons. The molecule has 1 unspecified atom stereocenters. The van der Waals surface area contributed by atoms with E-state index in [1.807, 2.05) is 72.9 Å². The van der Waals surface area contributed by atoms with Crippen molar-refractivity contribution in [2.24, 2.45) is 0 Å². The summed E-state index contributed by atoms with van der Waals surface area (Å²) >= 11 is 0. The second-order valence-corrected chi connectivity index (χ2v) is 18.8. The zero-order valence-corrected chi connectivity index (χ0v) is 33.0. The van der Waals surface area contributed by atoms with Crippen LogP contribution in [0.3, 0.4) is 0 Å². The van der Waals surface area contributed by atoms with Crippen molar-refractivity contribution >= 4 is 67.8 Å². The predicted molar refractivity (Wildman–Crippen MR) is 243 cm³/mol. The topological polar surface area (TPSA) is 34.0 Å². The fraction of sp³-hybridized carbons (Fsp3) is 0.0189. The van der Waals surface area contributed by atoms with E-state index in [9.17, 15) is 0 Å². The van der Waals surface area contributed by atoms with Crippen molar-refractivity contribution in [3.8, 4) is 16.9 Å². The third-order valence-electron chi connectivity index (χ3n) is 11.8. The number of anilines is 3. The van der Waals surface area contributed by atoms with Gasteiger partial charge in [0.2, 0.25) is 0 Å². The van der Waals surface area contributed by atoms with Crippen LogP contribution in [-0.4, -0.2) is 22.6 Å². The van der Waals surface area contributed by atoms with Crippen LogP contribution in [0.2, 0.25) is 0 Å². The Morgan fingerprint density at radius 1 is 0.475 bits per heavy atom. The Balaban J connectivity index is 1.23. The Morgan fingerprint density at radius 3 is 1.86 bits per heavy atom. The van der Waals surface area contributed by atoms with Gasteiger partial charge in [0, 0.05) is 45.8 Å². The first-order valence-corrected chi connectivity index (χ1v) is 22.0. The second kappa shape index (κ2) is 14.2. The van der Waals surface area contributed by atoms with Crippen LogP contribution in [0.4, 0.5) is 21.5 Å². The van der Waals surface area contributed by atoms with Crippen LogP contribution >= 0.6 is 0 Å². The number of hydrogen-bond acceptors (Lipinski definition) is 3. The zero-order chi connectivity index (χ0) is 39.3. The maximum absolute atomic E-state index is 17.0. The van der Waals surface area contributed by atoms with Crippen molar-refractivity contribution in [2.45, 2.75) is 6.17 Å². The van der Waals surface area contributed by atoms with E-state index in [0.29, 0.717) is 11.1 Å². The van der Waals surface area contributed by atoms with Crippen molar-refractivity contribution in [1.82, 2.24) is 14.5 Å². The quantitative estimate of drug-likeness (QED) is 0.151. The molecule has 0 fully saturated rings. The highest BCUT2D eigenvalue weighted by Crippen LogP contribution is 2.45. The molecule has 59 heavy (non-hydrogen) atoms. The molecule has 0 aliphatic carbocycles. The zero-order valence-electron chi connectivity index (χ0n) is 32.0. The van der Waals surface area contributed by atoms with E-state index in [1.165, 1.54) is 20.7 Å². The molecule has 0 bridgehead atoms. The van der Waals surface area contributed by atoms with Gasteiger partial charge in [-0.25, -0.2) is 9.37 Å².